The third kappa shape index (κ3) is 3.68. The maximum atomic E-state index is 12.9. The van der Waals surface area contributed by atoms with Crippen LogP contribution in [0.2, 0.25) is 0 Å². The number of amides is 1. The molecule has 2 aromatic carbocycles. The summed E-state index contributed by atoms with van der Waals surface area (Å²) in [5.41, 5.74) is 4.79. The van der Waals surface area contributed by atoms with Gasteiger partial charge in [-0.25, -0.2) is 0 Å². The van der Waals surface area contributed by atoms with Gasteiger partial charge in [-0.1, -0.05) is 30.0 Å². The third-order valence-electron chi connectivity index (χ3n) is 5.20. The van der Waals surface area contributed by atoms with Crippen LogP contribution in [0.15, 0.2) is 41.6 Å². The van der Waals surface area contributed by atoms with Gasteiger partial charge in [0.25, 0.3) is 5.69 Å². The van der Waals surface area contributed by atoms with Crippen LogP contribution in [0.1, 0.15) is 22.5 Å². The molecule has 1 amide bonds. The number of aromatic nitrogens is 3. The number of anilines is 1. The fourth-order valence-electron chi connectivity index (χ4n) is 3.62. The second kappa shape index (κ2) is 7.91. The van der Waals surface area contributed by atoms with Gasteiger partial charge < -0.3 is 4.90 Å². The average molecular weight is 423 g/mol. The van der Waals surface area contributed by atoms with Crippen LogP contribution in [0.25, 0.3) is 5.69 Å². The van der Waals surface area contributed by atoms with E-state index in [2.05, 4.69) is 28.4 Å². The molecule has 0 radical (unpaired) electrons. The zero-order chi connectivity index (χ0) is 21.4. The lowest BCUT2D eigenvalue weighted by molar-refractivity contribution is -0.384. The highest BCUT2D eigenvalue weighted by molar-refractivity contribution is 7.99. The van der Waals surface area contributed by atoms with Gasteiger partial charge in [0.1, 0.15) is 5.82 Å². The van der Waals surface area contributed by atoms with Crippen molar-refractivity contribution < 1.29 is 9.72 Å². The standard InChI is InChI=1S/C21H21N5O3S/c1-13-4-5-14(2)18(10-13)25-15(3)22-23-21(25)30-12-20(27)24-9-8-16-6-7-17(26(28)29)11-19(16)24/h4-7,10-11H,8-9,12H2,1-3H3. The first-order chi connectivity index (χ1) is 14.3. The summed E-state index contributed by atoms with van der Waals surface area (Å²) < 4.78 is 1.96. The van der Waals surface area contributed by atoms with Crippen molar-refractivity contribution in [3.8, 4) is 5.69 Å². The van der Waals surface area contributed by atoms with Crippen molar-refractivity contribution in [2.75, 3.05) is 17.2 Å². The molecule has 0 saturated carbocycles. The largest absolute Gasteiger partial charge is 0.311 e. The molecular formula is C21H21N5O3S. The van der Waals surface area contributed by atoms with Crippen molar-refractivity contribution in [3.63, 3.8) is 0 Å². The number of thioether (sulfide) groups is 1. The van der Waals surface area contributed by atoms with Gasteiger partial charge in [-0.2, -0.15) is 0 Å². The molecule has 1 aliphatic heterocycles. The number of non-ortho nitro benzene ring substituents is 1. The molecule has 0 N–H and O–H groups in total. The number of fused-ring (bicyclic) bond motifs is 1. The number of nitro groups is 1. The minimum atomic E-state index is -0.439. The third-order valence-corrected chi connectivity index (χ3v) is 6.12. The number of rotatable bonds is 5. The Bertz CT molecular complexity index is 1160. The first-order valence-corrected chi connectivity index (χ1v) is 10.5. The van der Waals surface area contributed by atoms with E-state index in [4.69, 9.17) is 0 Å². The predicted octanol–water partition coefficient (Wildman–Crippen LogP) is 3.78. The van der Waals surface area contributed by atoms with Crippen molar-refractivity contribution in [1.29, 1.82) is 0 Å². The summed E-state index contributed by atoms with van der Waals surface area (Å²) in [6.45, 7) is 6.47. The Labute approximate surface area is 178 Å². The summed E-state index contributed by atoms with van der Waals surface area (Å²) in [6, 6.07) is 10.9. The van der Waals surface area contributed by atoms with Gasteiger partial charge in [0, 0.05) is 18.7 Å². The van der Waals surface area contributed by atoms with Crippen molar-refractivity contribution >= 4 is 29.0 Å². The summed E-state index contributed by atoms with van der Waals surface area (Å²) in [6.07, 6.45) is 0.696. The lowest BCUT2D eigenvalue weighted by Crippen LogP contribution is -2.30. The number of aryl methyl sites for hydroxylation is 3. The number of benzene rings is 2. The highest BCUT2D eigenvalue weighted by Gasteiger charge is 2.27. The fourth-order valence-corrected chi connectivity index (χ4v) is 4.49. The molecule has 4 rings (SSSR count). The molecule has 154 valence electrons. The number of hydrogen-bond acceptors (Lipinski definition) is 6. The van der Waals surface area contributed by atoms with E-state index < -0.39 is 4.92 Å². The molecule has 1 aromatic heterocycles. The van der Waals surface area contributed by atoms with Crippen LogP contribution < -0.4 is 4.90 Å². The summed E-state index contributed by atoms with van der Waals surface area (Å²) in [5.74, 6) is 0.818. The minimum Gasteiger partial charge on any atom is -0.311 e. The number of nitrogens with zero attached hydrogens (tertiary/aromatic N) is 5. The Morgan fingerprint density at radius 2 is 1.93 bits per heavy atom. The molecule has 0 bridgehead atoms. The summed E-state index contributed by atoms with van der Waals surface area (Å²) in [7, 11) is 0. The molecule has 30 heavy (non-hydrogen) atoms. The highest BCUT2D eigenvalue weighted by Crippen LogP contribution is 2.33. The molecule has 0 spiro atoms. The second-order valence-corrected chi connectivity index (χ2v) is 8.25. The van der Waals surface area contributed by atoms with E-state index in [1.54, 1.807) is 11.0 Å². The van der Waals surface area contributed by atoms with E-state index in [1.807, 2.05) is 25.3 Å². The SMILES string of the molecule is Cc1ccc(C)c(-n2c(C)nnc2SCC(=O)N2CCc3ccc([N+](=O)[O-])cc32)c1. The van der Waals surface area contributed by atoms with Crippen molar-refractivity contribution in [1.82, 2.24) is 14.8 Å². The molecule has 2 heterocycles. The highest BCUT2D eigenvalue weighted by atomic mass is 32.2. The average Bonchev–Trinajstić information content (AvgIpc) is 3.31. The number of carbonyl (C=O) groups is 1. The van der Waals surface area contributed by atoms with Crippen LogP contribution in [0.5, 0.6) is 0 Å². The Balaban J connectivity index is 1.55. The molecule has 0 fully saturated rings. The molecule has 3 aromatic rings. The molecule has 0 saturated heterocycles. The first-order valence-electron chi connectivity index (χ1n) is 9.55. The van der Waals surface area contributed by atoms with E-state index >= 15 is 0 Å². The lowest BCUT2D eigenvalue weighted by Gasteiger charge is -2.17. The van der Waals surface area contributed by atoms with Gasteiger partial charge in [-0.05, 0) is 49.9 Å². The number of carbonyl (C=O) groups excluding carboxylic acids is 1. The quantitative estimate of drug-likeness (QED) is 0.352. The molecular weight excluding hydrogens is 402 g/mol. The fraction of sp³-hybridized carbons (Fsp3) is 0.286. The van der Waals surface area contributed by atoms with Gasteiger partial charge in [-0.15, -0.1) is 10.2 Å². The van der Waals surface area contributed by atoms with Crippen LogP contribution in [-0.4, -0.2) is 37.9 Å². The Hall–Kier alpha value is -3.20. The number of hydrogen-bond donors (Lipinski definition) is 0. The second-order valence-electron chi connectivity index (χ2n) is 7.31. The van der Waals surface area contributed by atoms with Crippen LogP contribution >= 0.6 is 11.8 Å². The molecule has 9 heteroatoms. The van der Waals surface area contributed by atoms with E-state index in [-0.39, 0.29) is 17.3 Å². The molecule has 1 aliphatic rings. The number of nitro benzene ring substituents is 1. The monoisotopic (exact) mass is 423 g/mol. The van der Waals surface area contributed by atoms with Crippen molar-refractivity contribution in [3.05, 3.63) is 69.0 Å². The van der Waals surface area contributed by atoms with Crippen LogP contribution in [0.3, 0.4) is 0 Å². The van der Waals surface area contributed by atoms with Crippen LogP contribution in [0.4, 0.5) is 11.4 Å². The van der Waals surface area contributed by atoms with Gasteiger partial charge in [0.2, 0.25) is 5.91 Å². The predicted molar refractivity (Wildman–Crippen MR) is 115 cm³/mol. The molecule has 0 unspecified atom stereocenters. The van der Waals surface area contributed by atoms with E-state index in [9.17, 15) is 14.9 Å². The summed E-state index contributed by atoms with van der Waals surface area (Å²) >= 11 is 1.32. The van der Waals surface area contributed by atoms with Crippen LogP contribution in [0, 0.1) is 30.9 Å². The lowest BCUT2D eigenvalue weighted by atomic mass is 10.1. The maximum absolute atomic E-state index is 12.9. The molecule has 8 nitrogen and oxygen atoms in total. The van der Waals surface area contributed by atoms with Crippen molar-refractivity contribution in [2.24, 2.45) is 0 Å². The van der Waals surface area contributed by atoms with Gasteiger partial charge in [-0.3, -0.25) is 19.5 Å². The van der Waals surface area contributed by atoms with E-state index in [0.717, 1.165) is 28.2 Å². The Morgan fingerprint density at radius 3 is 2.70 bits per heavy atom. The van der Waals surface area contributed by atoms with E-state index in [0.29, 0.717) is 23.8 Å². The zero-order valence-electron chi connectivity index (χ0n) is 17.0. The normalized spacial score (nSPS) is 12.8. The van der Waals surface area contributed by atoms with Gasteiger partial charge in [0.05, 0.1) is 22.1 Å². The van der Waals surface area contributed by atoms with Crippen molar-refractivity contribution in [2.45, 2.75) is 32.3 Å². The zero-order valence-corrected chi connectivity index (χ0v) is 17.8. The smallest absolute Gasteiger partial charge is 0.271 e. The van der Waals surface area contributed by atoms with E-state index in [1.165, 1.54) is 23.9 Å². The minimum absolute atomic E-state index is 0.00797. The Morgan fingerprint density at radius 1 is 1.13 bits per heavy atom. The van der Waals surface area contributed by atoms with Crippen LogP contribution in [-0.2, 0) is 11.2 Å². The summed E-state index contributed by atoms with van der Waals surface area (Å²) in [4.78, 5) is 25.2. The molecule has 0 aliphatic carbocycles. The topological polar surface area (TPSA) is 94.2 Å². The van der Waals surface area contributed by atoms with Gasteiger partial charge >= 0.3 is 0 Å². The van der Waals surface area contributed by atoms with Gasteiger partial charge in [0.15, 0.2) is 5.16 Å². The maximum Gasteiger partial charge on any atom is 0.271 e. The Kier molecular flexibility index (Phi) is 5.29. The summed E-state index contributed by atoms with van der Waals surface area (Å²) in [5, 5.41) is 20.2. The molecule has 0 atom stereocenters. The first kappa shape index (κ1) is 20.1.